The Labute approximate surface area is 78.0 Å². The van der Waals surface area contributed by atoms with Crippen LogP contribution in [0.1, 0.15) is 13.8 Å². The largest absolute Gasteiger partial charge is 0.346 e. The van der Waals surface area contributed by atoms with Crippen LogP contribution in [0.3, 0.4) is 0 Å². The Bertz CT molecular complexity index is 205. The molecule has 0 aromatic carbocycles. The molecule has 0 aliphatic carbocycles. The Balaban J connectivity index is 0. The van der Waals surface area contributed by atoms with Crippen molar-refractivity contribution in [2.45, 2.75) is 19.7 Å². The zero-order valence-electron chi connectivity index (χ0n) is 8.21. The zero-order valence-corrected chi connectivity index (χ0v) is 8.21. The average molecular weight is 190 g/mol. The molecular formula is C10H16F2O. The van der Waals surface area contributed by atoms with Gasteiger partial charge >= 0.3 is 0 Å². The van der Waals surface area contributed by atoms with Crippen LogP contribution >= 0.6 is 0 Å². The highest BCUT2D eigenvalue weighted by Crippen LogP contribution is 2.13. The molecule has 0 heterocycles. The molecule has 0 amide bonds. The molecule has 0 fully saturated rings. The van der Waals surface area contributed by atoms with Crippen LogP contribution in [-0.4, -0.2) is 13.0 Å². The van der Waals surface area contributed by atoms with E-state index in [0.29, 0.717) is 0 Å². The SMILES string of the molecule is C=C/C=C(C)\C=C\C(C)(F)OC.F. The summed E-state index contributed by atoms with van der Waals surface area (Å²) in [6.45, 7) is 6.75. The van der Waals surface area contributed by atoms with Crippen molar-refractivity contribution in [3.8, 4) is 0 Å². The van der Waals surface area contributed by atoms with Gasteiger partial charge in [0.2, 0.25) is 5.85 Å². The molecule has 0 N–H and O–H groups in total. The molecule has 0 aliphatic rings. The minimum absolute atomic E-state index is 0. The maximum atomic E-state index is 13.1. The van der Waals surface area contributed by atoms with Gasteiger partial charge in [0.15, 0.2) is 0 Å². The molecule has 0 saturated heterocycles. The first-order valence-electron chi connectivity index (χ1n) is 3.74. The second-order valence-corrected chi connectivity index (χ2v) is 2.67. The number of allylic oxidation sites excluding steroid dienone is 4. The summed E-state index contributed by atoms with van der Waals surface area (Å²) < 4.78 is 17.6. The summed E-state index contributed by atoms with van der Waals surface area (Å²) in [5.74, 6) is -1.68. The van der Waals surface area contributed by atoms with Crippen LogP contribution in [0.4, 0.5) is 9.09 Å². The number of hydrogen-bond acceptors (Lipinski definition) is 1. The van der Waals surface area contributed by atoms with Gasteiger partial charge in [-0.25, -0.2) is 4.39 Å². The van der Waals surface area contributed by atoms with Crippen molar-refractivity contribution in [1.29, 1.82) is 0 Å². The van der Waals surface area contributed by atoms with Gasteiger partial charge < -0.3 is 4.74 Å². The lowest BCUT2D eigenvalue weighted by atomic mass is 10.2. The molecule has 1 nitrogen and oxygen atoms in total. The highest BCUT2D eigenvalue weighted by Gasteiger charge is 2.15. The lowest BCUT2D eigenvalue weighted by molar-refractivity contribution is -0.0626. The fourth-order valence-corrected chi connectivity index (χ4v) is 0.590. The van der Waals surface area contributed by atoms with Gasteiger partial charge in [0, 0.05) is 7.11 Å². The predicted octanol–water partition coefficient (Wildman–Crippen LogP) is 3.16. The minimum atomic E-state index is -1.68. The third-order valence-corrected chi connectivity index (χ3v) is 1.42. The van der Waals surface area contributed by atoms with E-state index in [4.69, 9.17) is 0 Å². The fourth-order valence-electron chi connectivity index (χ4n) is 0.590. The van der Waals surface area contributed by atoms with E-state index in [2.05, 4.69) is 11.3 Å². The topological polar surface area (TPSA) is 9.23 Å². The van der Waals surface area contributed by atoms with Crippen LogP contribution in [0.2, 0.25) is 0 Å². The summed E-state index contributed by atoms with van der Waals surface area (Å²) in [7, 11) is 1.33. The second kappa shape index (κ2) is 6.54. The molecular weight excluding hydrogens is 174 g/mol. The summed E-state index contributed by atoms with van der Waals surface area (Å²) in [5.41, 5.74) is 0.936. The second-order valence-electron chi connectivity index (χ2n) is 2.67. The van der Waals surface area contributed by atoms with E-state index in [9.17, 15) is 4.39 Å². The Morgan fingerprint density at radius 3 is 2.46 bits per heavy atom. The average Bonchev–Trinajstić information content (AvgIpc) is 2.02. The number of alkyl halides is 1. The van der Waals surface area contributed by atoms with E-state index in [1.54, 1.807) is 18.2 Å². The molecule has 1 atom stereocenters. The van der Waals surface area contributed by atoms with Crippen molar-refractivity contribution in [1.82, 2.24) is 0 Å². The fraction of sp³-hybridized carbons (Fsp3) is 0.400. The monoisotopic (exact) mass is 190 g/mol. The molecule has 0 spiro atoms. The summed E-state index contributed by atoms with van der Waals surface area (Å²) in [6.07, 6.45) is 6.47. The highest BCUT2D eigenvalue weighted by atomic mass is 19.2. The van der Waals surface area contributed by atoms with Crippen molar-refractivity contribution in [3.63, 3.8) is 0 Å². The maximum Gasteiger partial charge on any atom is 0.225 e. The first-order chi connectivity index (χ1) is 5.52. The Morgan fingerprint density at radius 2 is 2.08 bits per heavy atom. The predicted molar refractivity (Wildman–Crippen MR) is 52.1 cm³/mol. The normalized spacial score (nSPS) is 16.5. The molecule has 0 aromatic heterocycles. The van der Waals surface area contributed by atoms with Crippen molar-refractivity contribution in [3.05, 3.63) is 36.5 Å². The first-order valence-corrected chi connectivity index (χ1v) is 3.74. The molecule has 13 heavy (non-hydrogen) atoms. The van der Waals surface area contributed by atoms with Gasteiger partial charge in [-0.05, 0) is 19.9 Å². The third kappa shape index (κ3) is 7.40. The number of rotatable bonds is 4. The van der Waals surface area contributed by atoms with E-state index in [-0.39, 0.29) is 4.70 Å². The van der Waals surface area contributed by atoms with Crippen LogP contribution in [0.15, 0.2) is 36.5 Å². The Morgan fingerprint density at radius 1 is 1.54 bits per heavy atom. The van der Waals surface area contributed by atoms with E-state index in [0.717, 1.165) is 5.57 Å². The van der Waals surface area contributed by atoms with Crippen molar-refractivity contribution in [2.24, 2.45) is 0 Å². The molecule has 0 bridgehead atoms. The molecule has 3 heteroatoms. The molecule has 0 aromatic rings. The van der Waals surface area contributed by atoms with E-state index in [1.807, 2.05) is 6.92 Å². The van der Waals surface area contributed by atoms with Gasteiger partial charge in [0.25, 0.3) is 0 Å². The lowest BCUT2D eigenvalue weighted by Gasteiger charge is -2.12. The number of ether oxygens (including phenoxy) is 1. The zero-order chi connectivity index (χ0) is 9.61. The van der Waals surface area contributed by atoms with Gasteiger partial charge in [-0.1, -0.05) is 30.4 Å². The lowest BCUT2D eigenvalue weighted by Crippen LogP contribution is -2.16. The molecule has 0 saturated carbocycles. The third-order valence-electron chi connectivity index (χ3n) is 1.42. The van der Waals surface area contributed by atoms with Gasteiger partial charge in [0.1, 0.15) is 0 Å². The van der Waals surface area contributed by atoms with Gasteiger partial charge in [-0.3, -0.25) is 4.70 Å². The highest BCUT2D eigenvalue weighted by molar-refractivity contribution is 5.21. The van der Waals surface area contributed by atoms with E-state index < -0.39 is 5.85 Å². The van der Waals surface area contributed by atoms with Crippen LogP contribution < -0.4 is 0 Å². The summed E-state index contributed by atoms with van der Waals surface area (Å²) in [4.78, 5) is 0. The molecule has 76 valence electrons. The maximum absolute atomic E-state index is 13.1. The van der Waals surface area contributed by atoms with Crippen molar-refractivity contribution in [2.75, 3.05) is 7.11 Å². The smallest absolute Gasteiger partial charge is 0.225 e. The van der Waals surface area contributed by atoms with Gasteiger partial charge in [0.05, 0.1) is 0 Å². The standard InChI is InChI=1S/C10H15FO.FH/c1-5-6-9(2)7-8-10(3,11)12-4;/h5-8H,1H2,2-4H3;1H/b8-7+,9-6-;. The van der Waals surface area contributed by atoms with Gasteiger partial charge in [-0.15, -0.1) is 0 Å². The van der Waals surface area contributed by atoms with Crippen molar-refractivity contribution < 1.29 is 13.8 Å². The van der Waals surface area contributed by atoms with Crippen LogP contribution in [0, 0.1) is 0 Å². The molecule has 0 rings (SSSR count). The molecule has 1 unspecified atom stereocenters. The van der Waals surface area contributed by atoms with Crippen LogP contribution in [0.25, 0.3) is 0 Å². The van der Waals surface area contributed by atoms with Crippen molar-refractivity contribution >= 4 is 0 Å². The van der Waals surface area contributed by atoms with E-state index in [1.165, 1.54) is 20.1 Å². The summed E-state index contributed by atoms with van der Waals surface area (Å²) in [5, 5.41) is 0. The summed E-state index contributed by atoms with van der Waals surface area (Å²) >= 11 is 0. The molecule has 0 radical (unpaired) electrons. The number of hydrogen-bond donors (Lipinski definition) is 0. The van der Waals surface area contributed by atoms with E-state index >= 15 is 0 Å². The molecule has 0 aliphatic heterocycles. The first kappa shape index (κ1) is 14.6. The number of halogens is 2. The summed E-state index contributed by atoms with van der Waals surface area (Å²) in [6, 6.07) is 0. The van der Waals surface area contributed by atoms with Crippen LogP contribution in [0.5, 0.6) is 0 Å². The Hall–Kier alpha value is -0.960. The van der Waals surface area contributed by atoms with Gasteiger partial charge in [-0.2, -0.15) is 0 Å². The minimum Gasteiger partial charge on any atom is -0.346 e. The number of methoxy groups -OCH3 is 1. The Kier molecular flexibility index (Phi) is 7.33. The quantitative estimate of drug-likeness (QED) is 0.619. The van der Waals surface area contributed by atoms with Crippen LogP contribution in [-0.2, 0) is 4.74 Å².